The molecule has 0 aromatic rings. The predicted octanol–water partition coefficient (Wildman–Crippen LogP) is 0.938. The van der Waals surface area contributed by atoms with Crippen LogP contribution in [0.15, 0.2) is 0 Å². The van der Waals surface area contributed by atoms with E-state index in [0.29, 0.717) is 5.92 Å². The van der Waals surface area contributed by atoms with Crippen molar-refractivity contribution >= 4 is 5.97 Å². The van der Waals surface area contributed by atoms with Crippen LogP contribution in [-0.2, 0) is 9.53 Å². The van der Waals surface area contributed by atoms with Gasteiger partial charge in [-0.25, -0.2) is 0 Å². The Kier molecular flexibility index (Phi) is 3.44. The Balaban J connectivity index is 2.56. The molecule has 0 radical (unpaired) electrons. The molecule has 1 aliphatic heterocycles. The van der Waals surface area contributed by atoms with Crippen molar-refractivity contribution in [1.29, 1.82) is 0 Å². The maximum Gasteiger partial charge on any atom is 0.312 e. The topological polar surface area (TPSA) is 42.9 Å². The SMILES string of the molecule is CCC(C)(C)C(=O)OC(C)(C)C1C[NH2+]C1. The van der Waals surface area contributed by atoms with Crippen molar-refractivity contribution < 1.29 is 14.8 Å². The van der Waals surface area contributed by atoms with Crippen LogP contribution in [0.3, 0.4) is 0 Å². The summed E-state index contributed by atoms with van der Waals surface area (Å²) in [6.07, 6.45) is 0.818. The molecule has 15 heavy (non-hydrogen) atoms. The molecule has 0 unspecified atom stereocenters. The van der Waals surface area contributed by atoms with Crippen LogP contribution in [0.2, 0.25) is 0 Å². The lowest BCUT2D eigenvalue weighted by Crippen LogP contribution is -2.98. The molecular weight excluding hydrogens is 190 g/mol. The highest BCUT2D eigenvalue weighted by Crippen LogP contribution is 2.28. The molecule has 3 nitrogen and oxygen atoms in total. The van der Waals surface area contributed by atoms with Crippen molar-refractivity contribution in [3.8, 4) is 0 Å². The van der Waals surface area contributed by atoms with Crippen LogP contribution in [0.4, 0.5) is 0 Å². The Morgan fingerprint density at radius 1 is 1.33 bits per heavy atom. The number of hydrogen-bond acceptors (Lipinski definition) is 2. The maximum atomic E-state index is 11.9. The van der Waals surface area contributed by atoms with Crippen LogP contribution in [0.1, 0.15) is 41.0 Å². The Hall–Kier alpha value is -0.570. The fraction of sp³-hybridized carbons (Fsp3) is 0.917. The smallest absolute Gasteiger partial charge is 0.312 e. The third-order valence-corrected chi connectivity index (χ3v) is 3.68. The third kappa shape index (κ3) is 2.71. The monoisotopic (exact) mass is 214 g/mol. The molecule has 0 amide bonds. The van der Waals surface area contributed by atoms with Crippen molar-refractivity contribution in [1.82, 2.24) is 0 Å². The quantitative estimate of drug-likeness (QED) is 0.708. The van der Waals surface area contributed by atoms with E-state index in [0.717, 1.165) is 19.5 Å². The largest absolute Gasteiger partial charge is 0.458 e. The second-order valence-electron chi connectivity index (χ2n) is 5.69. The van der Waals surface area contributed by atoms with E-state index in [1.54, 1.807) is 0 Å². The van der Waals surface area contributed by atoms with E-state index in [4.69, 9.17) is 4.74 Å². The molecule has 1 aliphatic rings. The van der Waals surface area contributed by atoms with Crippen LogP contribution >= 0.6 is 0 Å². The van der Waals surface area contributed by atoms with Crippen LogP contribution in [0.25, 0.3) is 0 Å². The first-order valence-electron chi connectivity index (χ1n) is 5.84. The van der Waals surface area contributed by atoms with E-state index in [2.05, 4.69) is 5.32 Å². The summed E-state index contributed by atoms with van der Waals surface area (Å²) >= 11 is 0. The summed E-state index contributed by atoms with van der Waals surface area (Å²) in [5, 5.41) is 2.24. The molecule has 1 heterocycles. The summed E-state index contributed by atoms with van der Waals surface area (Å²) in [4.78, 5) is 11.9. The summed E-state index contributed by atoms with van der Waals surface area (Å²) in [5.41, 5.74) is -0.664. The number of esters is 1. The molecular formula is C12H24NO2+. The molecule has 2 N–H and O–H groups in total. The van der Waals surface area contributed by atoms with Gasteiger partial charge in [-0.2, -0.15) is 0 Å². The average molecular weight is 214 g/mol. The van der Waals surface area contributed by atoms with Gasteiger partial charge < -0.3 is 10.1 Å². The van der Waals surface area contributed by atoms with E-state index in [-0.39, 0.29) is 17.0 Å². The van der Waals surface area contributed by atoms with Crippen molar-refractivity contribution in [2.24, 2.45) is 11.3 Å². The molecule has 0 spiro atoms. The van der Waals surface area contributed by atoms with Gasteiger partial charge in [-0.15, -0.1) is 0 Å². The first-order chi connectivity index (χ1) is 6.79. The van der Waals surface area contributed by atoms with Crippen molar-refractivity contribution in [3.05, 3.63) is 0 Å². The number of nitrogens with two attached hydrogens (primary N) is 1. The molecule has 1 fully saturated rings. The molecule has 0 aromatic carbocycles. The van der Waals surface area contributed by atoms with Gasteiger partial charge in [-0.05, 0) is 34.1 Å². The fourth-order valence-electron chi connectivity index (χ4n) is 1.51. The lowest BCUT2D eigenvalue weighted by Gasteiger charge is -2.38. The van der Waals surface area contributed by atoms with Gasteiger partial charge in [0.25, 0.3) is 0 Å². The molecule has 0 saturated carbocycles. The number of quaternary nitrogens is 1. The molecule has 0 aliphatic carbocycles. The lowest BCUT2D eigenvalue weighted by atomic mass is 9.84. The van der Waals surface area contributed by atoms with Crippen LogP contribution < -0.4 is 5.32 Å². The maximum absolute atomic E-state index is 11.9. The molecule has 0 aromatic heterocycles. The fourth-order valence-corrected chi connectivity index (χ4v) is 1.51. The Morgan fingerprint density at radius 2 is 1.87 bits per heavy atom. The van der Waals surface area contributed by atoms with Crippen LogP contribution in [0.5, 0.6) is 0 Å². The molecule has 1 saturated heterocycles. The first-order valence-corrected chi connectivity index (χ1v) is 5.84. The van der Waals surface area contributed by atoms with E-state index in [9.17, 15) is 4.79 Å². The number of hydrogen-bond donors (Lipinski definition) is 1. The van der Waals surface area contributed by atoms with E-state index in [1.807, 2.05) is 34.6 Å². The number of carbonyl (C=O) groups is 1. The third-order valence-electron chi connectivity index (χ3n) is 3.68. The molecule has 0 atom stereocenters. The van der Waals surface area contributed by atoms with Crippen molar-refractivity contribution in [2.75, 3.05) is 13.1 Å². The van der Waals surface area contributed by atoms with Gasteiger partial charge in [0.2, 0.25) is 0 Å². The highest BCUT2D eigenvalue weighted by Gasteiger charge is 2.42. The Morgan fingerprint density at radius 3 is 2.20 bits per heavy atom. The standard InChI is InChI=1S/C12H23NO2/c1-6-11(2,3)10(14)15-12(4,5)9-7-13-8-9/h9,13H,6-8H2,1-5H3/p+1. The minimum atomic E-state index is -0.356. The van der Waals surface area contributed by atoms with Gasteiger partial charge in [0.15, 0.2) is 0 Å². The lowest BCUT2D eigenvalue weighted by molar-refractivity contribution is -0.728. The molecule has 3 heteroatoms. The van der Waals surface area contributed by atoms with Gasteiger partial charge in [0.1, 0.15) is 5.60 Å². The van der Waals surface area contributed by atoms with E-state index >= 15 is 0 Å². The highest BCUT2D eigenvalue weighted by molar-refractivity contribution is 5.76. The second-order valence-corrected chi connectivity index (χ2v) is 5.69. The van der Waals surface area contributed by atoms with Crippen LogP contribution in [-0.4, -0.2) is 24.7 Å². The Labute approximate surface area is 92.6 Å². The summed E-state index contributed by atoms with van der Waals surface area (Å²) in [7, 11) is 0. The minimum Gasteiger partial charge on any atom is -0.458 e. The van der Waals surface area contributed by atoms with E-state index in [1.165, 1.54) is 0 Å². The predicted molar refractivity (Wildman–Crippen MR) is 59.4 cm³/mol. The van der Waals surface area contributed by atoms with Gasteiger partial charge in [-0.1, -0.05) is 6.92 Å². The van der Waals surface area contributed by atoms with Gasteiger partial charge in [0, 0.05) is 0 Å². The summed E-state index contributed by atoms with van der Waals surface area (Å²) in [5.74, 6) is 0.441. The number of ether oxygens (including phenoxy) is 1. The summed E-state index contributed by atoms with van der Waals surface area (Å²) in [6, 6.07) is 0. The van der Waals surface area contributed by atoms with Crippen LogP contribution in [0, 0.1) is 11.3 Å². The molecule has 1 rings (SSSR count). The van der Waals surface area contributed by atoms with Gasteiger partial charge in [0.05, 0.1) is 24.4 Å². The summed E-state index contributed by atoms with van der Waals surface area (Å²) in [6.45, 7) is 12.1. The van der Waals surface area contributed by atoms with E-state index < -0.39 is 0 Å². The zero-order chi connectivity index (χ0) is 11.7. The first kappa shape index (κ1) is 12.5. The van der Waals surface area contributed by atoms with Crippen molar-refractivity contribution in [3.63, 3.8) is 0 Å². The molecule has 88 valence electrons. The zero-order valence-corrected chi connectivity index (χ0v) is 10.6. The highest BCUT2D eigenvalue weighted by atomic mass is 16.6. The minimum absolute atomic E-state index is 0.0677. The zero-order valence-electron chi connectivity index (χ0n) is 10.6. The van der Waals surface area contributed by atoms with Crippen molar-refractivity contribution in [2.45, 2.75) is 46.6 Å². The van der Waals surface area contributed by atoms with Gasteiger partial charge in [-0.3, -0.25) is 4.79 Å². The normalized spacial score (nSPS) is 18.5. The van der Waals surface area contributed by atoms with Gasteiger partial charge >= 0.3 is 5.97 Å². The molecule has 0 bridgehead atoms. The Bertz CT molecular complexity index is 242. The second kappa shape index (κ2) is 4.12. The summed E-state index contributed by atoms with van der Waals surface area (Å²) < 4.78 is 5.64. The number of rotatable bonds is 4. The average Bonchev–Trinajstić information content (AvgIpc) is 1.98. The number of carbonyl (C=O) groups excluding carboxylic acids is 1.